The first-order chi connectivity index (χ1) is 8.12. The first kappa shape index (κ1) is 14.8. The summed E-state index contributed by atoms with van der Waals surface area (Å²) in [5.41, 5.74) is 5.02. The van der Waals surface area contributed by atoms with Crippen molar-refractivity contribution >= 4 is 25.7 Å². The summed E-state index contributed by atoms with van der Waals surface area (Å²) in [6.45, 7) is -0.396. The number of hydrogen-bond acceptors (Lipinski definition) is 5. The Morgan fingerprint density at radius 3 is 2.33 bits per heavy atom. The van der Waals surface area contributed by atoms with Crippen LogP contribution in [0, 0.1) is 5.82 Å². The van der Waals surface area contributed by atoms with Gasteiger partial charge in [-0.05, 0) is 18.2 Å². The van der Waals surface area contributed by atoms with Gasteiger partial charge in [0.05, 0.1) is 16.3 Å². The maximum atomic E-state index is 13.1. The van der Waals surface area contributed by atoms with Gasteiger partial charge in [-0.2, -0.15) is 0 Å². The molecule has 10 heteroatoms. The van der Waals surface area contributed by atoms with E-state index in [1.165, 1.54) is 0 Å². The van der Waals surface area contributed by atoms with Crippen LogP contribution >= 0.6 is 0 Å². The molecule has 1 rings (SSSR count). The Kier molecular flexibility index (Phi) is 4.27. The fourth-order valence-corrected chi connectivity index (χ4v) is 2.64. The number of primary sulfonamides is 1. The van der Waals surface area contributed by atoms with Gasteiger partial charge in [0.2, 0.25) is 20.0 Å². The molecule has 0 amide bonds. The molecule has 1 aromatic carbocycles. The lowest BCUT2D eigenvalue weighted by atomic mass is 10.3. The second-order valence-electron chi connectivity index (χ2n) is 3.45. The van der Waals surface area contributed by atoms with E-state index in [2.05, 4.69) is 0 Å². The quantitative estimate of drug-likeness (QED) is 0.598. The normalized spacial score (nSPS) is 12.6. The number of rotatable bonds is 5. The van der Waals surface area contributed by atoms with Crippen LogP contribution in [0.3, 0.4) is 0 Å². The third-order valence-electron chi connectivity index (χ3n) is 1.96. The largest absolute Gasteiger partial charge is 0.396 e. The van der Waals surface area contributed by atoms with Gasteiger partial charge in [-0.15, -0.1) is 0 Å². The van der Waals surface area contributed by atoms with E-state index in [-0.39, 0.29) is 10.6 Å². The molecule has 0 aliphatic rings. The first-order valence-corrected chi connectivity index (χ1v) is 7.87. The predicted octanol–water partition coefficient (Wildman–Crippen LogP) is -1.03. The number of sulfonamides is 2. The number of nitrogens with one attached hydrogen (secondary N) is 1. The van der Waals surface area contributed by atoms with Crippen molar-refractivity contribution in [3.63, 3.8) is 0 Å². The van der Waals surface area contributed by atoms with Crippen LogP contribution in [0.4, 0.5) is 10.1 Å². The topological polar surface area (TPSA) is 132 Å². The standard InChI is InChI=1S/C8H12FN3O4S2/c9-7-5-6(1-2-8(7)10)18(15,16)12-3-4-17(11,13)14/h1-2,5,12H,3-4,10H2,(H2,11,13,14). The molecular formula is C8H12FN3O4S2. The smallest absolute Gasteiger partial charge is 0.240 e. The Bertz CT molecular complexity index is 642. The summed E-state index contributed by atoms with van der Waals surface area (Å²) < 4.78 is 59.6. The van der Waals surface area contributed by atoms with E-state index in [1.807, 2.05) is 4.72 Å². The molecule has 0 unspecified atom stereocenters. The van der Waals surface area contributed by atoms with Crippen molar-refractivity contribution in [3.05, 3.63) is 24.0 Å². The highest BCUT2D eigenvalue weighted by atomic mass is 32.2. The summed E-state index contributed by atoms with van der Waals surface area (Å²) in [6.07, 6.45) is 0. The molecule has 0 spiro atoms. The van der Waals surface area contributed by atoms with Gasteiger partial charge in [-0.1, -0.05) is 0 Å². The van der Waals surface area contributed by atoms with E-state index >= 15 is 0 Å². The molecule has 18 heavy (non-hydrogen) atoms. The number of nitrogens with two attached hydrogens (primary N) is 2. The van der Waals surface area contributed by atoms with Crippen LogP contribution < -0.4 is 15.6 Å². The van der Waals surface area contributed by atoms with E-state index in [9.17, 15) is 21.2 Å². The van der Waals surface area contributed by atoms with E-state index in [0.29, 0.717) is 0 Å². The summed E-state index contributed by atoms with van der Waals surface area (Å²) in [6, 6.07) is 2.95. The van der Waals surface area contributed by atoms with Crippen molar-refractivity contribution in [2.45, 2.75) is 4.90 Å². The molecular weight excluding hydrogens is 285 g/mol. The summed E-state index contributed by atoms with van der Waals surface area (Å²) in [4.78, 5) is -0.344. The molecule has 0 bridgehead atoms. The van der Waals surface area contributed by atoms with Crippen LogP contribution in [-0.4, -0.2) is 29.1 Å². The summed E-state index contributed by atoms with van der Waals surface area (Å²) >= 11 is 0. The lowest BCUT2D eigenvalue weighted by molar-refractivity contribution is 0.578. The molecule has 0 heterocycles. The summed E-state index contributed by atoms with van der Waals surface area (Å²) in [5, 5.41) is 4.71. The van der Waals surface area contributed by atoms with Gasteiger partial charge >= 0.3 is 0 Å². The lowest BCUT2D eigenvalue weighted by Crippen LogP contribution is -2.31. The molecule has 0 fully saturated rings. The second kappa shape index (κ2) is 5.18. The van der Waals surface area contributed by atoms with Crippen molar-refractivity contribution in [1.29, 1.82) is 0 Å². The molecule has 0 aliphatic heterocycles. The fourth-order valence-electron chi connectivity index (χ4n) is 1.08. The Labute approximate surface area is 104 Å². The van der Waals surface area contributed by atoms with Gasteiger partial charge in [0.1, 0.15) is 5.82 Å². The molecule has 0 atom stereocenters. The van der Waals surface area contributed by atoms with Crippen molar-refractivity contribution in [2.75, 3.05) is 18.0 Å². The molecule has 7 nitrogen and oxygen atoms in total. The first-order valence-electron chi connectivity index (χ1n) is 4.67. The van der Waals surface area contributed by atoms with Crippen molar-refractivity contribution < 1.29 is 21.2 Å². The van der Waals surface area contributed by atoms with Crippen molar-refractivity contribution in [1.82, 2.24) is 4.72 Å². The van der Waals surface area contributed by atoms with Gasteiger partial charge in [-0.3, -0.25) is 0 Å². The van der Waals surface area contributed by atoms with Crippen LogP contribution in [0.2, 0.25) is 0 Å². The Hall–Kier alpha value is -1.23. The molecule has 1 aromatic rings. The van der Waals surface area contributed by atoms with E-state index in [0.717, 1.165) is 18.2 Å². The van der Waals surface area contributed by atoms with Crippen LogP contribution in [-0.2, 0) is 20.0 Å². The molecule has 0 saturated carbocycles. The molecule has 0 saturated heterocycles. The predicted molar refractivity (Wildman–Crippen MR) is 64.0 cm³/mol. The highest BCUT2D eigenvalue weighted by Crippen LogP contribution is 2.15. The maximum absolute atomic E-state index is 13.1. The lowest BCUT2D eigenvalue weighted by Gasteiger charge is -2.06. The van der Waals surface area contributed by atoms with E-state index < -0.39 is 38.2 Å². The average Bonchev–Trinajstić information content (AvgIpc) is 2.19. The minimum atomic E-state index is -3.99. The van der Waals surface area contributed by atoms with Crippen LogP contribution in [0.15, 0.2) is 23.1 Å². The summed E-state index contributed by atoms with van der Waals surface area (Å²) in [5.74, 6) is -1.42. The Balaban J connectivity index is 2.84. The number of halogens is 1. The maximum Gasteiger partial charge on any atom is 0.240 e. The monoisotopic (exact) mass is 297 g/mol. The Morgan fingerprint density at radius 1 is 1.22 bits per heavy atom. The summed E-state index contributed by atoms with van der Waals surface area (Å²) in [7, 11) is -7.75. The molecule has 0 aliphatic carbocycles. The second-order valence-corrected chi connectivity index (χ2v) is 6.95. The number of benzene rings is 1. The zero-order chi connectivity index (χ0) is 14.0. The Morgan fingerprint density at radius 2 is 1.83 bits per heavy atom. The minimum Gasteiger partial charge on any atom is -0.396 e. The van der Waals surface area contributed by atoms with Gasteiger partial charge < -0.3 is 5.73 Å². The fraction of sp³-hybridized carbons (Fsp3) is 0.250. The van der Waals surface area contributed by atoms with Gasteiger partial charge in [-0.25, -0.2) is 31.1 Å². The molecule has 0 radical (unpaired) electrons. The zero-order valence-corrected chi connectivity index (χ0v) is 10.8. The number of hydrogen-bond donors (Lipinski definition) is 3. The van der Waals surface area contributed by atoms with Crippen LogP contribution in [0.5, 0.6) is 0 Å². The van der Waals surface area contributed by atoms with Crippen molar-refractivity contribution in [3.8, 4) is 0 Å². The third-order valence-corrected chi connectivity index (χ3v) is 4.19. The number of nitrogen functional groups attached to an aromatic ring is 1. The van der Waals surface area contributed by atoms with Crippen LogP contribution in [0.25, 0.3) is 0 Å². The highest BCUT2D eigenvalue weighted by Gasteiger charge is 2.16. The molecule has 5 N–H and O–H groups in total. The van der Waals surface area contributed by atoms with Gasteiger partial charge in [0.25, 0.3) is 0 Å². The molecule has 0 aromatic heterocycles. The van der Waals surface area contributed by atoms with Gasteiger partial charge in [0.15, 0.2) is 0 Å². The van der Waals surface area contributed by atoms with Gasteiger partial charge in [0, 0.05) is 6.54 Å². The molecule has 102 valence electrons. The number of anilines is 1. The van der Waals surface area contributed by atoms with Crippen molar-refractivity contribution in [2.24, 2.45) is 5.14 Å². The minimum absolute atomic E-state index is 0.182. The van der Waals surface area contributed by atoms with E-state index in [4.69, 9.17) is 10.9 Å². The zero-order valence-electron chi connectivity index (χ0n) is 9.13. The average molecular weight is 297 g/mol. The van der Waals surface area contributed by atoms with E-state index in [1.54, 1.807) is 0 Å². The third kappa shape index (κ3) is 4.22. The SMILES string of the molecule is Nc1ccc(S(=O)(=O)NCCS(N)(=O)=O)cc1F. The highest BCUT2D eigenvalue weighted by molar-refractivity contribution is 7.90. The van der Waals surface area contributed by atoms with Crippen LogP contribution in [0.1, 0.15) is 0 Å².